The van der Waals surface area contributed by atoms with Gasteiger partial charge in [0.25, 0.3) is 0 Å². The molecule has 0 N–H and O–H groups in total. The van der Waals surface area contributed by atoms with Crippen LogP contribution in [0, 0.1) is 5.82 Å². The largest absolute Gasteiger partial charge is 0.397 e. The van der Waals surface area contributed by atoms with Crippen molar-refractivity contribution >= 4 is 22.7 Å². The second-order valence-corrected chi connectivity index (χ2v) is 6.17. The van der Waals surface area contributed by atoms with Crippen molar-refractivity contribution in [2.45, 2.75) is 11.7 Å². The third kappa shape index (κ3) is 2.95. The maximum atomic E-state index is 13.1. The van der Waals surface area contributed by atoms with E-state index in [1.165, 1.54) is 31.0 Å². The van der Waals surface area contributed by atoms with Gasteiger partial charge in [0, 0.05) is 23.9 Å². The maximum absolute atomic E-state index is 13.1. The van der Waals surface area contributed by atoms with Gasteiger partial charge in [-0.25, -0.2) is 4.39 Å². The molecule has 0 aromatic heterocycles. The van der Waals surface area contributed by atoms with Crippen molar-refractivity contribution in [2.75, 3.05) is 20.2 Å². The Morgan fingerprint density at radius 2 is 2.19 bits per heavy atom. The van der Waals surface area contributed by atoms with Gasteiger partial charge in [-0.05, 0) is 42.3 Å². The number of carbonyl (C=O) groups excluding carboxylic acids is 1. The first-order valence-electron chi connectivity index (χ1n) is 6.70. The molecule has 2 aliphatic heterocycles. The summed E-state index contributed by atoms with van der Waals surface area (Å²) in [5.41, 5.74) is 1.93. The number of piperidine rings is 1. The normalized spacial score (nSPS) is 22.1. The molecule has 110 valence electrons. The number of hydrogen-bond acceptors (Lipinski definition) is 4. The zero-order chi connectivity index (χ0) is 14.8. The lowest BCUT2D eigenvalue weighted by Gasteiger charge is -2.33. The third-order valence-electron chi connectivity index (χ3n) is 3.59. The maximum Gasteiger partial charge on any atom is 0.212 e. The van der Waals surface area contributed by atoms with Gasteiger partial charge in [-0.1, -0.05) is 16.9 Å². The quantitative estimate of drug-likeness (QED) is 0.478. The number of rotatable bonds is 2. The molecule has 1 aromatic rings. The Labute approximate surface area is 126 Å². The van der Waals surface area contributed by atoms with Gasteiger partial charge in [0.1, 0.15) is 12.9 Å². The lowest BCUT2D eigenvalue weighted by Crippen LogP contribution is -2.40. The predicted molar refractivity (Wildman–Crippen MR) is 80.6 cm³/mol. The number of benzene rings is 1. The van der Waals surface area contributed by atoms with Gasteiger partial charge in [-0.3, -0.25) is 4.79 Å². The molecule has 0 radical (unpaired) electrons. The van der Waals surface area contributed by atoms with Crippen LogP contribution in [0.2, 0.25) is 0 Å². The zero-order valence-corrected chi connectivity index (χ0v) is 12.4. The van der Waals surface area contributed by atoms with Crippen LogP contribution in [0.1, 0.15) is 12.0 Å². The van der Waals surface area contributed by atoms with Crippen LogP contribution in [-0.4, -0.2) is 41.3 Å². The summed E-state index contributed by atoms with van der Waals surface area (Å²) in [5.74, 6) is 0.385. The highest BCUT2D eigenvalue weighted by molar-refractivity contribution is 8.15. The van der Waals surface area contributed by atoms with Crippen LogP contribution in [0.3, 0.4) is 0 Å². The number of likely N-dealkylation sites (tertiary alicyclic amines) is 1. The van der Waals surface area contributed by atoms with E-state index in [0.717, 1.165) is 24.1 Å². The van der Waals surface area contributed by atoms with Gasteiger partial charge >= 0.3 is 0 Å². The topological polar surface area (TPSA) is 41.9 Å². The molecule has 0 amide bonds. The highest BCUT2D eigenvalue weighted by atomic mass is 32.2. The Kier molecular flexibility index (Phi) is 3.96. The number of halogens is 1. The van der Waals surface area contributed by atoms with Gasteiger partial charge in [0.2, 0.25) is 5.12 Å². The lowest BCUT2D eigenvalue weighted by molar-refractivity contribution is -0.106. The third-order valence-corrected chi connectivity index (χ3v) is 4.76. The molecule has 21 heavy (non-hydrogen) atoms. The SMILES string of the molecule is CO/N=C(\c1ccc(F)cc1)N1CCC2SC(=O)C=C2C1. The van der Waals surface area contributed by atoms with E-state index in [1.54, 1.807) is 18.2 Å². The van der Waals surface area contributed by atoms with Crippen molar-refractivity contribution in [3.05, 3.63) is 47.3 Å². The monoisotopic (exact) mass is 306 g/mol. The van der Waals surface area contributed by atoms with Crippen LogP contribution in [0.4, 0.5) is 4.39 Å². The Hall–Kier alpha value is -1.82. The fraction of sp³-hybridized carbons (Fsp3) is 0.333. The number of carbonyl (C=O) groups is 1. The molecule has 2 aliphatic rings. The predicted octanol–water partition coefficient (Wildman–Crippen LogP) is 2.41. The first-order valence-corrected chi connectivity index (χ1v) is 7.58. The van der Waals surface area contributed by atoms with Crippen LogP contribution in [-0.2, 0) is 9.63 Å². The van der Waals surface area contributed by atoms with E-state index in [1.807, 2.05) is 0 Å². The summed E-state index contributed by atoms with van der Waals surface area (Å²) in [6, 6.07) is 6.17. The van der Waals surface area contributed by atoms with E-state index in [4.69, 9.17) is 4.84 Å². The van der Waals surface area contributed by atoms with Crippen LogP contribution < -0.4 is 0 Å². The van der Waals surface area contributed by atoms with E-state index in [0.29, 0.717) is 17.6 Å². The van der Waals surface area contributed by atoms with Crippen molar-refractivity contribution in [3.8, 4) is 0 Å². The Balaban J connectivity index is 1.85. The van der Waals surface area contributed by atoms with Crippen molar-refractivity contribution in [2.24, 2.45) is 5.16 Å². The minimum Gasteiger partial charge on any atom is -0.397 e. The zero-order valence-electron chi connectivity index (χ0n) is 11.6. The Bertz CT molecular complexity index is 613. The molecule has 4 nitrogen and oxygen atoms in total. The van der Waals surface area contributed by atoms with Crippen LogP contribution in [0.25, 0.3) is 0 Å². The van der Waals surface area contributed by atoms with Gasteiger partial charge in [0.15, 0.2) is 5.84 Å². The average molecular weight is 306 g/mol. The number of oxime groups is 1. The standard InChI is InChI=1S/C15H15FN2O2S/c1-20-17-15(10-2-4-12(16)5-3-10)18-7-6-13-11(9-18)8-14(19)21-13/h2-5,8,13H,6-7,9H2,1H3/b17-15+. The minimum absolute atomic E-state index is 0.129. The Morgan fingerprint density at radius 3 is 2.90 bits per heavy atom. The summed E-state index contributed by atoms with van der Waals surface area (Å²) in [6.45, 7) is 1.45. The summed E-state index contributed by atoms with van der Waals surface area (Å²) < 4.78 is 13.1. The van der Waals surface area contributed by atoms with Crippen LogP contribution >= 0.6 is 11.8 Å². The summed E-state index contributed by atoms with van der Waals surface area (Å²) in [6.07, 6.45) is 2.61. The number of hydrogen-bond donors (Lipinski definition) is 0. The molecule has 2 heterocycles. The highest BCUT2D eigenvalue weighted by Gasteiger charge is 2.32. The second kappa shape index (κ2) is 5.89. The van der Waals surface area contributed by atoms with Crippen molar-refractivity contribution in [3.63, 3.8) is 0 Å². The van der Waals surface area contributed by atoms with Gasteiger partial charge in [-0.2, -0.15) is 0 Å². The van der Waals surface area contributed by atoms with E-state index in [-0.39, 0.29) is 10.9 Å². The molecule has 0 bridgehead atoms. The molecule has 6 heteroatoms. The van der Waals surface area contributed by atoms with Crippen molar-refractivity contribution < 1.29 is 14.0 Å². The molecule has 0 aliphatic carbocycles. The average Bonchev–Trinajstić information content (AvgIpc) is 2.85. The number of nitrogens with zero attached hydrogens (tertiary/aromatic N) is 2. The minimum atomic E-state index is -0.283. The van der Waals surface area contributed by atoms with Gasteiger partial charge in [-0.15, -0.1) is 0 Å². The molecule has 1 aromatic carbocycles. The fourth-order valence-electron chi connectivity index (χ4n) is 2.62. The first-order chi connectivity index (χ1) is 10.2. The summed E-state index contributed by atoms with van der Waals surface area (Å²) in [4.78, 5) is 18.5. The molecule has 1 atom stereocenters. The van der Waals surface area contributed by atoms with Crippen molar-refractivity contribution in [1.82, 2.24) is 4.90 Å². The van der Waals surface area contributed by atoms with E-state index in [9.17, 15) is 9.18 Å². The van der Waals surface area contributed by atoms with Crippen LogP contribution in [0.5, 0.6) is 0 Å². The van der Waals surface area contributed by atoms with Crippen molar-refractivity contribution in [1.29, 1.82) is 0 Å². The summed E-state index contributed by atoms with van der Waals surface area (Å²) in [5, 5.41) is 4.51. The van der Waals surface area contributed by atoms with Gasteiger partial charge < -0.3 is 9.74 Å². The van der Waals surface area contributed by atoms with E-state index in [2.05, 4.69) is 10.1 Å². The molecular formula is C15H15FN2O2S. The lowest BCUT2D eigenvalue weighted by atomic mass is 10.0. The molecule has 3 rings (SSSR count). The van der Waals surface area contributed by atoms with Crippen LogP contribution in [0.15, 0.2) is 41.1 Å². The Morgan fingerprint density at radius 1 is 1.43 bits per heavy atom. The summed E-state index contributed by atoms with van der Waals surface area (Å²) >= 11 is 1.40. The molecule has 1 unspecified atom stereocenters. The summed E-state index contributed by atoms with van der Waals surface area (Å²) in [7, 11) is 1.49. The number of amidine groups is 1. The molecular weight excluding hydrogens is 291 g/mol. The van der Waals surface area contributed by atoms with Gasteiger partial charge in [0.05, 0.1) is 0 Å². The molecule has 0 spiro atoms. The molecule has 1 saturated heterocycles. The number of thioether (sulfide) groups is 1. The smallest absolute Gasteiger partial charge is 0.212 e. The number of fused-ring (bicyclic) bond motifs is 1. The first kappa shape index (κ1) is 14.1. The molecule has 1 fully saturated rings. The molecule has 0 saturated carbocycles. The fourth-order valence-corrected chi connectivity index (χ4v) is 3.63. The van der Waals surface area contributed by atoms with E-state index >= 15 is 0 Å². The van der Waals surface area contributed by atoms with E-state index < -0.39 is 0 Å². The highest BCUT2D eigenvalue weighted by Crippen LogP contribution is 2.35. The second-order valence-electron chi connectivity index (χ2n) is 4.96.